The Hall–Kier alpha value is -3.42. The van der Waals surface area contributed by atoms with E-state index in [0.717, 1.165) is 27.4 Å². The average Bonchev–Trinajstić information content (AvgIpc) is 3.08. The van der Waals surface area contributed by atoms with Gasteiger partial charge in [-0.25, -0.2) is 0 Å². The van der Waals surface area contributed by atoms with Crippen molar-refractivity contribution < 1.29 is 14.0 Å². The number of hydrogen-bond acceptors (Lipinski definition) is 5. The topological polar surface area (TPSA) is 67.6 Å². The van der Waals surface area contributed by atoms with Crippen LogP contribution in [0.5, 0.6) is 0 Å². The summed E-state index contributed by atoms with van der Waals surface area (Å²) in [5.41, 5.74) is 2.71. The van der Waals surface area contributed by atoms with Gasteiger partial charge in [0.2, 0.25) is 0 Å². The first-order valence-electron chi connectivity index (χ1n) is 10.1. The quantitative estimate of drug-likeness (QED) is 0.290. The summed E-state index contributed by atoms with van der Waals surface area (Å²) in [5.74, 6) is 0.118. The van der Waals surface area contributed by atoms with Crippen molar-refractivity contribution in [3.63, 3.8) is 0 Å². The Kier molecular flexibility index (Phi) is 5.74. The minimum Gasteiger partial charge on any atom is -0.456 e. The first kappa shape index (κ1) is 21.4. The van der Waals surface area contributed by atoms with Gasteiger partial charge in [-0.15, -0.1) is 0 Å². The molecule has 2 heterocycles. The Labute approximate surface area is 201 Å². The summed E-state index contributed by atoms with van der Waals surface area (Å²) in [6, 6.07) is 23.4. The van der Waals surface area contributed by atoms with Crippen LogP contribution >= 0.6 is 27.7 Å². The summed E-state index contributed by atoms with van der Waals surface area (Å²) >= 11 is 4.30. The molecule has 1 aliphatic rings. The van der Waals surface area contributed by atoms with Crippen molar-refractivity contribution in [3.8, 4) is 11.3 Å². The number of carbonyl (C=O) groups excluding carboxylic acids is 2. The van der Waals surface area contributed by atoms with E-state index in [0.29, 0.717) is 27.2 Å². The molecule has 5 rings (SSSR count). The van der Waals surface area contributed by atoms with Gasteiger partial charge in [0.25, 0.3) is 11.1 Å². The molecule has 0 saturated carbocycles. The molecule has 1 fully saturated rings. The zero-order valence-corrected chi connectivity index (χ0v) is 19.6. The number of thioether (sulfide) groups is 1. The molecule has 2 amide bonds. The molecular weight excluding hydrogens is 502 g/mol. The Bertz CT molecular complexity index is 1490. The number of halogens is 1. The van der Waals surface area contributed by atoms with E-state index in [1.54, 1.807) is 24.3 Å². The summed E-state index contributed by atoms with van der Waals surface area (Å²) in [6.45, 7) is 0.220. The van der Waals surface area contributed by atoms with E-state index in [9.17, 15) is 14.4 Å². The van der Waals surface area contributed by atoms with Crippen molar-refractivity contribution in [2.24, 2.45) is 0 Å². The summed E-state index contributed by atoms with van der Waals surface area (Å²) in [4.78, 5) is 39.4. The van der Waals surface area contributed by atoms with Crippen LogP contribution in [0.2, 0.25) is 0 Å². The maximum Gasteiger partial charge on any atom is 0.293 e. The van der Waals surface area contributed by atoms with E-state index < -0.39 is 0 Å². The molecule has 0 bridgehead atoms. The van der Waals surface area contributed by atoms with Gasteiger partial charge in [-0.3, -0.25) is 19.3 Å². The Morgan fingerprint density at radius 2 is 1.70 bits per heavy atom. The van der Waals surface area contributed by atoms with Gasteiger partial charge in [-0.1, -0.05) is 58.4 Å². The van der Waals surface area contributed by atoms with Gasteiger partial charge in [0.1, 0.15) is 11.3 Å². The lowest BCUT2D eigenvalue weighted by atomic mass is 10.1. The lowest BCUT2D eigenvalue weighted by molar-refractivity contribution is -0.123. The number of amides is 2. The lowest BCUT2D eigenvalue weighted by Crippen LogP contribution is -2.27. The van der Waals surface area contributed by atoms with Crippen molar-refractivity contribution in [1.29, 1.82) is 0 Å². The lowest BCUT2D eigenvalue weighted by Gasteiger charge is -2.12. The van der Waals surface area contributed by atoms with Crippen molar-refractivity contribution in [3.05, 3.63) is 110 Å². The van der Waals surface area contributed by atoms with Crippen LogP contribution in [0.25, 0.3) is 28.4 Å². The zero-order chi connectivity index (χ0) is 22.9. The van der Waals surface area contributed by atoms with Gasteiger partial charge in [0.15, 0.2) is 5.43 Å². The molecule has 162 valence electrons. The summed E-state index contributed by atoms with van der Waals surface area (Å²) in [7, 11) is 0. The minimum absolute atomic E-state index is 0.119. The number of benzene rings is 3. The molecule has 0 unspecified atom stereocenters. The van der Waals surface area contributed by atoms with Gasteiger partial charge in [0, 0.05) is 16.1 Å². The van der Waals surface area contributed by atoms with Crippen LogP contribution in [-0.2, 0) is 11.3 Å². The maximum atomic E-state index is 12.9. The highest BCUT2D eigenvalue weighted by Crippen LogP contribution is 2.34. The number of nitrogens with zero attached hydrogens (tertiary/aromatic N) is 1. The molecule has 1 aromatic heterocycles. The number of imide groups is 1. The highest BCUT2D eigenvalue weighted by molar-refractivity contribution is 9.10. The van der Waals surface area contributed by atoms with Crippen molar-refractivity contribution in [1.82, 2.24) is 4.90 Å². The molecule has 0 aliphatic carbocycles. The van der Waals surface area contributed by atoms with Crippen LogP contribution in [0.4, 0.5) is 4.79 Å². The largest absolute Gasteiger partial charge is 0.456 e. The van der Waals surface area contributed by atoms with E-state index >= 15 is 0 Å². The molecule has 0 atom stereocenters. The smallest absolute Gasteiger partial charge is 0.293 e. The number of carbonyl (C=O) groups is 2. The second-order valence-electron chi connectivity index (χ2n) is 7.49. The normalized spacial score (nSPS) is 15.1. The second-order valence-corrected chi connectivity index (χ2v) is 9.40. The van der Waals surface area contributed by atoms with Crippen LogP contribution in [0.1, 0.15) is 11.1 Å². The third-order valence-corrected chi connectivity index (χ3v) is 6.67. The second kappa shape index (κ2) is 8.84. The van der Waals surface area contributed by atoms with Crippen molar-refractivity contribution >= 4 is 55.9 Å². The van der Waals surface area contributed by atoms with Gasteiger partial charge >= 0.3 is 0 Å². The van der Waals surface area contributed by atoms with Crippen LogP contribution in [0.15, 0.2) is 97.5 Å². The molecular formula is C26H16BrNO4S. The fraction of sp³-hybridized carbons (Fsp3) is 0.0385. The summed E-state index contributed by atoms with van der Waals surface area (Å²) in [5, 5.41) is 0.225. The Morgan fingerprint density at radius 3 is 2.52 bits per heavy atom. The molecule has 7 heteroatoms. The molecule has 1 aliphatic heterocycles. The SMILES string of the molecule is O=C1S/C(=C/c2cccc(-c3cc(=O)c4ccccc4o3)c2)C(=O)N1Cc1ccc(Br)cc1. The average molecular weight is 518 g/mol. The van der Waals surface area contributed by atoms with E-state index in [1.807, 2.05) is 54.6 Å². The van der Waals surface area contributed by atoms with Crippen molar-refractivity contribution in [2.45, 2.75) is 6.54 Å². The van der Waals surface area contributed by atoms with Crippen LogP contribution < -0.4 is 5.43 Å². The first-order valence-corrected chi connectivity index (χ1v) is 11.7. The van der Waals surface area contributed by atoms with E-state index in [2.05, 4.69) is 15.9 Å². The fourth-order valence-corrected chi connectivity index (χ4v) is 4.69. The Balaban J connectivity index is 1.43. The van der Waals surface area contributed by atoms with Crippen LogP contribution in [-0.4, -0.2) is 16.0 Å². The molecule has 0 spiro atoms. The summed E-state index contributed by atoms with van der Waals surface area (Å²) in [6.07, 6.45) is 1.69. The van der Waals surface area contributed by atoms with Gasteiger partial charge in [-0.2, -0.15) is 0 Å². The highest BCUT2D eigenvalue weighted by atomic mass is 79.9. The summed E-state index contributed by atoms with van der Waals surface area (Å²) < 4.78 is 6.86. The number of rotatable bonds is 4. The minimum atomic E-state index is -0.324. The number of fused-ring (bicyclic) bond motifs is 1. The molecule has 4 aromatic rings. The zero-order valence-electron chi connectivity index (χ0n) is 17.2. The maximum absolute atomic E-state index is 12.9. The highest BCUT2D eigenvalue weighted by Gasteiger charge is 2.35. The monoisotopic (exact) mass is 517 g/mol. The third kappa shape index (κ3) is 4.42. The van der Waals surface area contributed by atoms with Gasteiger partial charge in [0.05, 0.1) is 16.8 Å². The molecule has 1 saturated heterocycles. The Morgan fingerprint density at radius 1 is 0.909 bits per heavy atom. The number of hydrogen-bond donors (Lipinski definition) is 0. The van der Waals surface area contributed by atoms with Crippen LogP contribution in [0.3, 0.4) is 0 Å². The third-order valence-electron chi connectivity index (χ3n) is 5.23. The van der Waals surface area contributed by atoms with Crippen molar-refractivity contribution in [2.75, 3.05) is 0 Å². The van der Waals surface area contributed by atoms with E-state index in [1.165, 1.54) is 11.0 Å². The molecule has 33 heavy (non-hydrogen) atoms. The predicted molar refractivity (Wildman–Crippen MR) is 134 cm³/mol. The number of para-hydroxylation sites is 1. The fourth-order valence-electron chi connectivity index (χ4n) is 3.59. The van der Waals surface area contributed by atoms with Crippen LogP contribution in [0, 0.1) is 0 Å². The van der Waals surface area contributed by atoms with E-state index in [4.69, 9.17) is 4.42 Å². The molecule has 0 N–H and O–H groups in total. The standard InChI is InChI=1S/C26H16BrNO4S/c27-19-10-8-16(9-11-19)15-28-25(30)24(33-26(28)31)13-17-4-3-5-18(12-17)23-14-21(29)20-6-1-2-7-22(20)32-23/h1-14H,15H2/b24-13+. The van der Waals surface area contributed by atoms with Gasteiger partial charge in [-0.05, 0) is 59.3 Å². The van der Waals surface area contributed by atoms with E-state index in [-0.39, 0.29) is 23.1 Å². The van der Waals surface area contributed by atoms with Gasteiger partial charge < -0.3 is 4.42 Å². The molecule has 3 aromatic carbocycles. The first-order chi connectivity index (χ1) is 16.0. The molecule has 0 radical (unpaired) electrons. The predicted octanol–water partition coefficient (Wildman–Crippen LogP) is 6.46. The molecule has 5 nitrogen and oxygen atoms in total.